The van der Waals surface area contributed by atoms with Crippen LogP contribution in [0.25, 0.3) is 0 Å². The van der Waals surface area contributed by atoms with Gasteiger partial charge in [-0.25, -0.2) is 0 Å². The first-order chi connectivity index (χ1) is 9.43. The lowest BCUT2D eigenvalue weighted by Gasteiger charge is -2.24. The molecule has 0 fully saturated rings. The van der Waals surface area contributed by atoms with Crippen molar-refractivity contribution >= 4 is 33.2 Å². The number of rotatable bonds is 6. The van der Waals surface area contributed by atoms with Gasteiger partial charge in [-0.05, 0) is 48.0 Å². The van der Waals surface area contributed by atoms with Gasteiger partial charge in [-0.3, -0.25) is 9.69 Å². The Morgan fingerprint density at radius 3 is 2.80 bits per heavy atom. The van der Waals surface area contributed by atoms with Crippen LogP contribution in [0.2, 0.25) is 0 Å². The SMILES string of the molecule is CC(C)N(CCC#N)CC(=O)Nc1ccc(N)cc1Br. The van der Waals surface area contributed by atoms with Gasteiger partial charge in [-0.2, -0.15) is 5.26 Å². The Morgan fingerprint density at radius 2 is 2.25 bits per heavy atom. The molecule has 1 aromatic rings. The number of carbonyl (C=O) groups excluding carboxylic acids is 1. The van der Waals surface area contributed by atoms with Gasteiger partial charge in [0.15, 0.2) is 0 Å². The van der Waals surface area contributed by atoms with Crippen molar-refractivity contribution in [2.45, 2.75) is 26.3 Å². The number of halogens is 1. The molecule has 20 heavy (non-hydrogen) atoms. The van der Waals surface area contributed by atoms with E-state index in [1.165, 1.54) is 0 Å². The summed E-state index contributed by atoms with van der Waals surface area (Å²) >= 11 is 3.36. The number of nitrogen functional groups attached to an aromatic ring is 1. The Labute approximate surface area is 127 Å². The van der Waals surface area contributed by atoms with Gasteiger partial charge in [-0.1, -0.05) is 0 Å². The number of hydrogen-bond donors (Lipinski definition) is 2. The molecule has 0 heterocycles. The fourth-order valence-electron chi connectivity index (χ4n) is 1.72. The van der Waals surface area contributed by atoms with Crippen LogP contribution in [0, 0.1) is 11.3 Å². The quantitative estimate of drug-likeness (QED) is 0.781. The van der Waals surface area contributed by atoms with Crippen LogP contribution < -0.4 is 11.1 Å². The van der Waals surface area contributed by atoms with Crippen LogP contribution in [0.4, 0.5) is 11.4 Å². The van der Waals surface area contributed by atoms with Crippen molar-refractivity contribution in [3.8, 4) is 6.07 Å². The molecular weight excluding hydrogens is 320 g/mol. The summed E-state index contributed by atoms with van der Waals surface area (Å²) in [5.74, 6) is -0.109. The molecule has 0 unspecified atom stereocenters. The predicted molar refractivity (Wildman–Crippen MR) is 84.1 cm³/mol. The van der Waals surface area contributed by atoms with Crippen LogP contribution in [0.1, 0.15) is 20.3 Å². The molecule has 1 rings (SSSR count). The Kier molecular flexibility index (Phi) is 6.49. The van der Waals surface area contributed by atoms with Crippen molar-refractivity contribution in [1.29, 1.82) is 5.26 Å². The Balaban J connectivity index is 2.63. The maximum absolute atomic E-state index is 12.0. The Morgan fingerprint density at radius 1 is 1.55 bits per heavy atom. The van der Waals surface area contributed by atoms with E-state index < -0.39 is 0 Å². The summed E-state index contributed by atoms with van der Waals surface area (Å²) in [4.78, 5) is 14.0. The van der Waals surface area contributed by atoms with E-state index in [0.29, 0.717) is 24.3 Å². The summed E-state index contributed by atoms with van der Waals surface area (Å²) in [6.45, 7) is 4.86. The molecule has 0 aliphatic rings. The van der Waals surface area contributed by atoms with E-state index in [4.69, 9.17) is 11.0 Å². The summed E-state index contributed by atoms with van der Waals surface area (Å²) in [6, 6.07) is 7.54. The third kappa shape index (κ3) is 5.19. The number of carbonyl (C=O) groups is 1. The molecule has 1 aromatic carbocycles. The molecule has 0 radical (unpaired) electrons. The molecule has 0 atom stereocenters. The largest absolute Gasteiger partial charge is 0.399 e. The highest BCUT2D eigenvalue weighted by molar-refractivity contribution is 9.10. The highest BCUT2D eigenvalue weighted by Crippen LogP contribution is 2.24. The maximum Gasteiger partial charge on any atom is 0.238 e. The fraction of sp³-hybridized carbons (Fsp3) is 0.429. The topological polar surface area (TPSA) is 82.2 Å². The number of nitrogens with two attached hydrogens (primary N) is 1. The van der Waals surface area contributed by atoms with Gasteiger partial charge in [0.1, 0.15) is 0 Å². The molecule has 1 amide bonds. The number of benzene rings is 1. The summed E-state index contributed by atoms with van der Waals surface area (Å²) in [7, 11) is 0. The predicted octanol–water partition coefficient (Wildman–Crippen LogP) is 2.59. The first kappa shape index (κ1) is 16.5. The van der Waals surface area contributed by atoms with Crippen LogP contribution in [0.3, 0.4) is 0 Å². The lowest BCUT2D eigenvalue weighted by molar-refractivity contribution is -0.117. The molecule has 5 nitrogen and oxygen atoms in total. The number of hydrogen-bond acceptors (Lipinski definition) is 4. The lowest BCUT2D eigenvalue weighted by atomic mass is 10.2. The number of nitrogens with zero attached hydrogens (tertiary/aromatic N) is 2. The van der Waals surface area contributed by atoms with Crippen LogP contribution in [0.5, 0.6) is 0 Å². The smallest absolute Gasteiger partial charge is 0.238 e. The second-order valence-corrected chi connectivity index (χ2v) is 5.61. The van der Waals surface area contributed by atoms with Gasteiger partial charge in [0.05, 0.1) is 18.3 Å². The standard InChI is InChI=1S/C14H19BrN4O/c1-10(2)19(7-3-6-16)9-14(20)18-13-5-4-11(17)8-12(13)15/h4-5,8,10H,3,7,9,17H2,1-2H3,(H,18,20). The van der Waals surface area contributed by atoms with Gasteiger partial charge in [0.25, 0.3) is 0 Å². The zero-order valence-corrected chi connectivity index (χ0v) is 13.3. The van der Waals surface area contributed by atoms with E-state index in [-0.39, 0.29) is 18.5 Å². The normalized spacial score (nSPS) is 10.6. The molecule has 0 bridgehead atoms. The molecule has 0 spiro atoms. The Bertz CT molecular complexity index is 510. The maximum atomic E-state index is 12.0. The van der Waals surface area contributed by atoms with Crippen LogP contribution in [0.15, 0.2) is 22.7 Å². The minimum atomic E-state index is -0.109. The van der Waals surface area contributed by atoms with E-state index in [1.54, 1.807) is 18.2 Å². The van der Waals surface area contributed by atoms with Crippen molar-refractivity contribution in [3.05, 3.63) is 22.7 Å². The molecule has 0 aliphatic carbocycles. The van der Waals surface area contributed by atoms with Crippen LogP contribution >= 0.6 is 15.9 Å². The Hall–Kier alpha value is -1.58. The lowest BCUT2D eigenvalue weighted by Crippen LogP contribution is -2.38. The second-order valence-electron chi connectivity index (χ2n) is 4.76. The van der Waals surface area contributed by atoms with E-state index in [1.807, 2.05) is 18.7 Å². The number of nitriles is 1. The summed E-state index contributed by atoms with van der Waals surface area (Å²) in [6.07, 6.45) is 0.414. The number of nitrogens with one attached hydrogen (secondary N) is 1. The zero-order chi connectivity index (χ0) is 15.1. The van der Waals surface area contributed by atoms with E-state index in [0.717, 1.165) is 4.47 Å². The third-order valence-electron chi connectivity index (χ3n) is 2.86. The van der Waals surface area contributed by atoms with Gasteiger partial charge in [-0.15, -0.1) is 0 Å². The summed E-state index contributed by atoms with van der Waals surface area (Å²) < 4.78 is 0.749. The molecule has 0 saturated heterocycles. The molecule has 108 valence electrons. The van der Waals surface area contributed by atoms with E-state index >= 15 is 0 Å². The zero-order valence-electron chi connectivity index (χ0n) is 11.7. The van der Waals surface area contributed by atoms with Crippen molar-refractivity contribution in [2.24, 2.45) is 0 Å². The molecule has 6 heteroatoms. The van der Waals surface area contributed by atoms with Gasteiger partial charge < -0.3 is 11.1 Å². The first-order valence-corrected chi connectivity index (χ1v) is 7.19. The van der Waals surface area contributed by atoms with Crippen molar-refractivity contribution < 1.29 is 4.79 Å². The average Bonchev–Trinajstić information content (AvgIpc) is 2.37. The average molecular weight is 339 g/mol. The molecule has 0 saturated carbocycles. The van der Waals surface area contributed by atoms with Crippen molar-refractivity contribution in [2.75, 3.05) is 24.1 Å². The van der Waals surface area contributed by atoms with Crippen LogP contribution in [-0.4, -0.2) is 29.9 Å². The molecule has 0 aliphatic heterocycles. The number of amides is 1. The monoisotopic (exact) mass is 338 g/mol. The van der Waals surface area contributed by atoms with Gasteiger partial charge >= 0.3 is 0 Å². The summed E-state index contributed by atoms with van der Waals surface area (Å²) in [5.41, 5.74) is 6.97. The van der Waals surface area contributed by atoms with Gasteiger partial charge in [0, 0.05) is 29.2 Å². The van der Waals surface area contributed by atoms with E-state index in [9.17, 15) is 4.79 Å². The second kappa shape index (κ2) is 7.88. The minimum absolute atomic E-state index is 0.109. The van der Waals surface area contributed by atoms with Gasteiger partial charge in [0.2, 0.25) is 5.91 Å². The van der Waals surface area contributed by atoms with Crippen LogP contribution in [-0.2, 0) is 4.79 Å². The number of anilines is 2. The first-order valence-electron chi connectivity index (χ1n) is 6.40. The third-order valence-corrected chi connectivity index (χ3v) is 3.51. The van der Waals surface area contributed by atoms with Crippen molar-refractivity contribution in [1.82, 2.24) is 4.90 Å². The fourth-order valence-corrected chi connectivity index (χ4v) is 2.22. The molecule has 0 aromatic heterocycles. The highest BCUT2D eigenvalue weighted by atomic mass is 79.9. The highest BCUT2D eigenvalue weighted by Gasteiger charge is 2.14. The molecule has 3 N–H and O–H groups in total. The van der Waals surface area contributed by atoms with Crippen molar-refractivity contribution in [3.63, 3.8) is 0 Å². The summed E-state index contributed by atoms with van der Waals surface area (Å²) in [5, 5.41) is 11.5. The molecular formula is C14H19BrN4O. The van der Waals surface area contributed by atoms with E-state index in [2.05, 4.69) is 27.3 Å². The minimum Gasteiger partial charge on any atom is -0.399 e.